The number of ether oxygens (including phenoxy) is 1. The average molecular weight is 247 g/mol. The lowest BCUT2D eigenvalue weighted by Crippen LogP contribution is -2.48. The van der Waals surface area contributed by atoms with E-state index in [2.05, 4.69) is 30.4 Å². The van der Waals surface area contributed by atoms with Crippen molar-refractivity contribution in [2.24, 2.45) is 0 Å². The molecule has 18 heavy (non-hydrogen) atoms. The molecule has 1 aliphatic carbocycles. The van der Waals surface area contributed by atoms with Crippen LogP contribution in [0.2, 0.25) is 0 Å². The van der Waals surface area contributed by atoms with E-state index >= 15 is 0 Å². The van der Waals surface area contributed by atoms with Gasteiger partial charge in [0.25, 0.3) is 0 Å². The third-order valence-electron chi connectivity index (χ3n) is 3.61. The molecular weight excluding hydrogens is 226 g/mol. The molecule has 0 saturated heterocycles. The quantitative estimate of drug-likeness (QED) is 0.834. The number of nitrogens with one attached hydrogen (secondary N) is 1. The monoisotopic (exact) mass is 247 g/mol. The number of esters is 1. The largest absolute Gasteiger partial charge is 0.468 e. The zero-order valence-electron chi connectivity index (χ0n) is 11.5. The van der Waals surface area contributed by atoms with Crippen LogP contribution in [-0.4, -0.2) is 18.6 Å². The molecule has 0 aromatic heterocycles. The first-order valence-electron chi connectivity index (χ1n) is 6.39. The summed E-state index contributed by atoms with van der Waals surface area (Å²) in [5, 5.41) is 3.41. The summed E-state index contributed by atoms with van der Waals surface area (Å²) < 4.78 is 4.84. The second-order valence-corrected chi connectivity index (χ2v) is 5.55. The first-order valence-corrected chi connectivity index (χ1v) is 6.39. The lowest BCUT2D eigenvalue weighted by molar-refractivity contribution is -0.147. The Morgan fingerprint density at radius 1 is 1.44 bits per heavy atom. The van der Waals surface area contributed by atoms with Crippen LogP contribution in [0.5, 0.6) is 0 Å². The summed E-state index contributed by atoms with van der Waals surface area (Å²) in [5.74, 6) is -0.219. The SMILES string of the molecule is COC(=O)C(C)(C)NC1CCc2ccc(C)cc21. The second kappa shape index (κ2) is 4.73. The maximum atomic E-state index is 11.7. The second-order valence-electron chi connectivity index (χ2n) is 5.55. The Morgan fingerprint density at radius 2 is 2.17 bits per heavy atom. The van der Waals surface area contributed by atoms with Gasteiger partial charge in [-0.3, -0.25) is 10.1 Å². The van der Waals surface area contributed by atoms with Crippen LogP contribution in [0.1, 0.15) is 43.0 Å². The molecule has 0 radical (unpaired) electrons. The van der Waals surface area contributed by atoms with Gasteiger partial charge >= 0.3 is 5.97 Å². The Morgan fingerprint density at radius 3 is 2.83 bits per heavy atom. The van der Waals surface area contributed by atoms with E-state index in [1.165, 1.54) is 23.8 Å². The van der Waals surface area contributed by atoms with Gasteiger partial charge < -0.3 is 4.74 Å². The highest BCUT2D eigenvalue weighted by atomic mass is 16.5. The number of fused-ring (bicyclic) bond motifs is 1. The fourth-order valence-electron chi connectivity index (χ4n) is 2.62. The van der Waals surface area contributed by atoms with E-state index in [1.54, 1.807) is 0 Å². The van der Waals surface area contributed by atoms with Gasteiger partial charge in [-0.05, 0) is 44.7 Å². The summed E-state index contributed by atoms with van der Waals surface area (Å²) in [5.41, 5.74) is 3.33. The Hall–Kier alpha value is -1.35. The topological polar surface area (TPSA) is 38.3 Å². The van der Waals surface area contributed by atoms with Crippen molar-refractivity contribution in [3.05, 3.63) is 34.9 Å². The lowest BCUT2D eigenvalue weighted by atomic mass is 10.00. The molecule has 0 saturated carbocycles. The van der Waals surface area contributed by atoms with Crippen LogP contribution in [0.25, 0.3) is 0 Å². The molecule has 1 aromatic rings. The lowest BCUT2D eigenvalue weighted by Gasteiger charge is -2.28. The molecule has 0 aliphatic heterocycles. The highest BCUT2D eigenvalue weighted by Crippen LogP contribution is 2.33. The van der Waals surface area contributed by atoms with Gasteiger partial charge in [0.05, 0.1) is 7.11 Å². The van der Waals surface area contributed by atoms with E-state index in [0.29, 0.717) is 0 Å². The van der Waals surface area contributed by atoms with E-state index in [4.69, 9.17) is 4.74 Å². The summed E-state index contributed by atoms with van der Waals surface area (Å²) in [6, 6.07) is 6.80. The summed E-state index contributed by atoms with van der Waals surface area (Å²) in [7, 11) is 1.43. The van der Waals surface area contributed by atoms with Crippen molar-refractivity contribution in [3.63, 3.8) is 0 Å². The maximum Gasteiger partial charge on any atom is 0.325 e. The Balaban J connectivity index is 2.19. The van der Waals surface area contributed by atoms with Gasteiger partial charge in [-0.15, -0.1) is 0 Å². The minimum absolute atomic E-state index is 0.219. The normalized spacial score (nSPS) is 18.6. The van der Waals surface area contributed by atoms with Crippen molar-refractivity contribution in [2.45, 2.75) is 45.2 Å². The van der Waals surface area contributed by atoms with Crippen LogP contribution in [0, 0.1) is 6.92 Å². The zero-order valence-corrected chi connectivity index (χ0v) is 11.5. The zero-order chi connectivity index (χ0) is 13.3. The van der Waals surface area contributed by atoms with E-state index < -0.39 is 5.54 Å². The number of hydrogen-bond donors (Lipinski definition) is 1. The molecule has 0 fully saturated rings. The fourth-order valence-corrected chi connectivity index (χ4v) is 2.62. The maximum absolute atomic E-state index is 11.7. The molecule has 1 unspecified atom stereocenters. The minimum Gasteiger partial charge on any atom is -0.468 e. The van der Waals surface area contributed by atoms with Gasteiger partial charge in [0.2, 0.25) is 0 Å². The van der Waals surface area contributed by atoms with Crippen molar-refractivity contribution in [3.8, 4) is 0 Å². The molecule has 1 atom stereocenters. The van der Waals surface area contributed by atoms with E-state index in [-0.39, 0.29) is 12.0 Å². The van der Waals surface area contributed by atoms with E-state index in [9.17, 15) is 4.79 Å². The number of rotatable bonds is 3. The van der Waals surface area contributed by atoms with Gasteiger partial charge in [-0.2, -0.15) is 0 Å². The number of carbonyl (C=O) groups is 1. The molecule has 1 aromatic carbocycles. The predicted molar refractivity (Wildman–Crippen MR) is 71.5 cm³/mol. The van der Waals surface area contributed by atoms with Crippen LogP contribution in [-0.2, 0) is 16.0 Å². The molecule has 3 heteroatoms. The molecule has 2 rings (SSSR count). The summed E-state index contributed by atoms with van der Waals surface area (Å²) >= 11 is 0. The number of carbonyl (C=O) groups excluding carboxylic acids is 1. The molecule has 0 amide bonds. The molecule has 1 N–H and O–H groups in total. The van der Waals surface area contributed by atoms with Gasteiger partial charge in [-0.25, -0.2) is 0 Å². The number of benzene rings is 1. The van der Waals surface area contributed by atoms with E-state index in [1.807, 2.05) is 13.8 Å². The van der Waals surface area contributed by atoms with Crippen molar-refractivity contribution >= 4 is 5.97 Å². The smallest absolute Gasteiger partial charge is 0.325 e. The van der Waals surface area contributed by atoms with Crippen LogP contribution < -0.4 is 5.32 Å². The third kappa shape index (κ3) is 2.41. The molecule has 98 valence electrons. The number of aryl methyl sites for hydroxylation is 2. The van der Waals surface area contributed by atoms with Crippen molar-refractivity contribution < 1.29 is 9.53 Å². The summed E-state index contributed by atoms with van der Waals surface area (Å²) in [6.07, 6.45) is 2.11. The first-order chi connectivity index (χ1) is 8.44. The highest BCUT2D eigenvalue weighted by molar-refractivity contribution is 5.79. The van der Waals surface area contributed by atoms with Crippen molar-refractivity contribution in [2.75, 3.05) is 7.11 Å². The van der Waals surface area contributed by atoms with Crippen LogP contribution in [0.4, 0.5) is 0 Å². The van der Waals surface area contributed by atoms with Crippen molar-refractivity contribution in [1.29, 1.82) is 0 Å². The Bertz CT molecular complexity index is 466. The predicted octanol–water partition coefficient (Wildman–Crippen LogP) is 2.52. The number of methoxy groups -OCH3 is 1. The molecule has 0 bridgehead atoms. The van der Waals surface area contributed by atoms with Gasteiger partial charge in [-0.1, -0.05) is 23.8 Å². The Labute approximate surface area is 109 Å². The molecule has 1 aliphatic rings. The van der Waals surface area contributed by atoms with Crippen molar-refractivity contribution in [1.82, 2.24) is 5.32 Å². The molecule has 0 spiro atoms. The van der Waals surface area contributed by atoms with Gasteiger partial charge in [0.1, 0.15) is 5.54 Å². The highest BCUT2D eigenvalue weighted by Gasteiger charge is 2.34. The van der Waals surface area contributed by atoms with E-state index in [0.717, 1.165) is 12.8 Å². The van der Waals surface area contributed by atoms with Gasteiger partial charge in [0.15, 0.2) is 0 Å². The number of hydrogen-bond acceptors (Lipinski definition) is 3. The average Bonchev–Trinajstić information content (AvgIpc) is 2.70. The minimum atomic E-state index is -0.648. The molecule has 0 heterocycles. The fraction of sp³-hybridized carbons (Fsp3) is 0.533. The standard InChI is InChI=1S/C15H21NO2/c1-10-5-6-11-7-8-13(12(11)9-10)16-15(2,3)14(17)18-4/h5-6,9,13,16H,7-8H2,1-4H3. The first kappa shape index (κ1) is 13.1. The van der Waals surface area contributed by atoms with Crippen LogP contribution in [0.3, 0.4) is 0 Å². The molecule has 3 nitrogen and oxygen atoms in total. The molecular formula is C15H21NO2. The van der Waals surface area contributed by atoms with Gasteiger partial charge in [0, 0.05) is 6.04 Å². The summed E-state index contributed by atoms with van der Waals surface area (Å²) in [6.45, 7) is 5.83. The van der Waals surface area contributed by atoms with Crippen LogP contribution >= 0.6 is 0 Å². The summed E-state index contributed by atoms with van der Waals surface area (Å²) in [4.78, 5) is 11.7. The Kier molecular flexibility index (Phi) is 3.44. The van der Waals surface area contributed by atoms with Crippen LogP contribution in [0.15, 0.2) is 18.2 Å². The third-order valence-corrected chi connectivity index (χ3v) is 3.61.